The van der Waals surface area contributed by atoms with Gasteiger partial charge in [0.1, 0.15) is 18.4 Å². The molecule has 0 bridgehead atoms. The van der Waals surface area contributed by atoms with Crippen LogP contribution in [0.3, 0.4) is 0 Å². The van der Waals surface area contributed by atoms with Gasteiger partial charge in [0.05, 0.1) is 0 Å². The normalized spacial score (nSPS) is 11.7. The number of rotatable bonds is 5. The summed E-state index contributed by atoms with van der Waals surface area (Å²) in [6, 6.07) is 10.1. The van der Waals surface area contributed by atoms with Crippen molar-refractivity contribution in [1.82, 2.24) is 4.98 Å². The molecule has 1 unspecified atom stereocenters. The number of aromatic nitrogens is 1. The first-order chi connectivity index (χ1) is 10.1. The lowest BCUT2D eigenvalue weighted by atomic mass is 10.1. The second-order valence-corrected chi connectivity index (χ2v) is 4.90. The third-order valence-electron chi connectivity index (χ3n) is 2.89. The predicted molar refractivity (Wildman–Crippen MR) is 77.0 cm³/mol. The lowest BCUT2D eigenvalue weighted by Gasteiger charge is -2.10. The summed E-state index contributed by atoms with van der Waals surface area (Å²) in [7, 11) is 0. The van der Waals surface area contributed by atoms with Crippen LogP contribution in [0.4, 0.5) is 4.39 Å². The molecule has 0 amide bonds. The molecule has 2 rings (SSSR count). The van der Waals surface area contributed by atoms with Crippen LogP contribution >= 0.6 is 0 Å². The van der Waals surface area contributed by atoms with E-state index in [0.29, 0.717) is 12.1 Å². The van der Waals surface area contributed by atoms with E-state index in [-0.39, 0.29) is 18.4 Å². The first-order valence-electron chi connectivity index (χ1n) is 6.60. The molecule has 1 aromatic heterocycles. The number of hydrogen-bond acceptors (Lipinski definition) is 4. The number of nitrogens with two attached hydrogens (primary N) is 1. The molecule has 0 fully saturated rings. The van der Waals surface area contributed by atoms with Crippen molar-refractivity contribution in [3.8, 4) is 11.8 Å². The van der Waals surface area contributed by atoms with Gasteiger partial charge in [-0.15, -0.1) is 0 Å². The molecule has 0 aliphatic rings. The van der Waals surface area contributed by atoms with Crippen molar-refractivity contribution >= 4 is 0 Å². The lowest BCUT2D eigenvalue weighted by Crippen LogP contribution is -2.17. The van der Waals surface area contributed by atoms with E-state index < -0.39 is 5.82 Å². The van der Waals surface area contributed by atoms with Crippen molar-refractivity contribution in [1.29, 1.82) is 5.26 Å². The zero-order chi connectivity index (χ0) is 15.2. The number of pyridine rings is 1. The first-order valence-corrected chi connectivity index (χ1v) is 6.60. The van der Waals surface area contributed by atoms with Crippen LogP contribution in [0.5, 0.6) is 5.75 Å². The molecule has 0 radical (unpaired) electrons. The molecular formula is C16H16FN3O. The second-order valence-electron chi connectivity index (χ2n) is 4.90. The summed E-state index contributed by atoms with van der Waals surface area (Å²) in [5.41, 5.74) is 7.60. The quantitative estimate of drug-likeness (QED) is 0.916. The van der Waals surface area contributed by atoms with Gasteiger partial charge >= 0.3 is 0 Å². The van der Waals surface area contributed by atoms with Crippen molar-refractivity contribution in [2.75, 3.05) is 0 Å². The first kappa shape index (κ1) is 14.9. The molecule has 0 aliphatic carbocycles. The molecule has 2 N–H and O–H groups in total. The van der Waals surface area contributed by atoms with E-state index in [1.807, 2.05) is 13.0 Å². The van der Waals surface area contributed by atoms with Gasteiger partial charge in [-0.2, -0.15) is 5.26 Å². The Labute approximate surface area is 123 Å². The molecule has 21 heavy (non-hydrogen) atoms. The number of benzene rings is 1. The summed E-state index contributed by atoms with van der Waals surface area (Å²) in [6.45, 7) is 2.05. The molecule has 2 aromatic rings. The molecule has 1 atom stereocenters. The van der Waals surface area contributed by atoms with E-state index in [2.05, 4.69) is 4.98 Å². The monoisotopic (exact) mass is 285 g/mol. The highest BCUT2D eigenvalue weighted by Gasteiger charge is 2.07. The number of ether oxygens (including phenoxy) is 1. The van der Waals surface area contributed by atoms with Crippen molar-refractivity contribution in [3.05, 3.63) is 59.2 Å². The molecule has 108 valence electrons. The van der Waals surface area contributed by atoms with Crippen LogP contribution < -0.4 is 10.5 Å². The average Bonchev–Trinajstić information content (AvgIpc) is 2.46. The zero-order valence-electron chi connectivity index (χ0n) is 11.7. The molecule has 0 aliphatic heterocycles. The summed E-state index contributed by atoms with van der Waals surface area (Å²) in [5.74, 6) is -0.235. The van der Waals surface area contributed by atoms with Gasteiger partial charge < -0.3 is 10.5 Å². The minimum atomic E-state index is -0.414. The standard InChI is InChI=1S/C16H16FN3O/c1-11(19)6-12-2-3-16(15(17)8-12)21-10-13-4-5-20-14(7-13)9-18/h2-5,7-8,11H,6,10,19H2,1H3. The Morgan fingerprint density at radius 2 is 2.14 bits per heavy atom. The molecule has 1 heterocycles. The van der Waals surface area contributed by atoms with Crippen molar-refractivity contribution < 1.29 is 9.13 Å². The van der Waals surface area contributed by atoms with Crippen LogP contribution in [0.25, 0.3) is 0 Å². The highest BCUT2D eigenvalue weighted by Crippen LogP contribution is 2.20. The number of halogens is 1. The number of hydrogen-bond donors (Lipinski definition) is 1. The van der Waals surface area contributed by atoms with E-state index >= 15 is 0 Å². The Bertz CT molecular complexity index is 665. The highest BCUT2D eigenvalue weighted by molar-refractivity contribution is 5.31. The Hall–Kier alpha value is -2.45. The maximum absolute atomic E-state index is 13.9. The largest absolute Gasteiger partial charge is 0.486 e. The Balaban J connectivity index is 2.04. The van der Waals surface area contributed by atoms with E-state index in [1.165, 1.54) is 12.3 Å². The van der Waals surface area contributed by atoms with Crippen molar-refractivity contribution in [3.63, 3.8) is 0 Å². The summed E-state index contributed by atoms with van der Waals surface area (Å²) < 4.78 is 19.4. The SMILES string of the molecule is CC(N)Cc1ccc(OCc2ccnc(C#N)c2)c(F)c1. The number of nitrogens with zero attached hydrogens (tertiary/aromatic N) is 2. The molecule has 4 nitrogen and oxygen atoms in total. The van der Waals surface area contributed by atoms with Crippen molar-refractivity contribution in [2.45, 2.75) is 26.0 Å². The molecule has 0 saturated carbocycles. The maximum atomic E-state index is 13.9. The Morgan fingerprint density at radius 3 is 2.81 bits per heavy atom. The van der Waals surface area contributed by atoms with E-state index in [4.69, 9.17) is 15.7 Å². The van der Waals surface area contributed by atoms with Gasteiger partial charge in [0.25, 0.3) is 0 Å². The van der Waals surface area contributed by atoms with E-state index in [0.717, 1.165) is 11.1 Å². The van der Waals surface area contributed by atoms with E-state index in [1.54, 1.807) is 24.3 Å². The second kappa shape index (κ2) is 6.82. The highest BCUT2D eigenvalue weighted by atomic mass is 19.1. The fourth-order valence-electron chi connectivity index (χ4n) is 1.95. The summed E-state index contributed by atoms with van der Waals surface area (Å²) >= 11 is 0. The summed E-state index contributed by atoms with van der Waals surface area (Å²) in [4.78, 5) is 3.87. The van der Waals surface area contributed by atoms with Crippen LogP contribution in [0, 0.1) is 17.1 Å². The summed E-state index contributed by atoms with van der Waals surface area (Å²) in [6.07, 6.45) is 2.15. The topological polar surface area (TPSA) is 71.9 Å². The van der Waals surface area contributed by atoms with Crippen LogP contribution in [0.2, 0.25) is 0 Å². The molecule has 0 spiro atoms. The van der Waals surface area contributed by atoms with Gasteiger partial charge in [-0.05, 0) is 48.7 Å². The predicted octanol–water partition coefficient (Wildman–Crippen LogP) is 2.56. The van der Waals surface area contributed by atoms with Crippen LogP contribution in [-0.4, -0.2) is 11.0 Å². The van der Waals surface area contributed by atoms with Crippen LogP contribution in [0.1, 0.15) is 23.7 Å². The minimum absolute atomic E-state index is 0.0163. The lowest BCUT2D eigenvalue weighted by molar-refractivity contribution is 0.290. The molecule has 0 saturated heterocycles. The Morgan fingerprint density at radius 1 is 1.33 bits per heavy atom. The van der Waals surface area contributed by atoms with Crippen LogP contribution in [-0.2, 0) is 13.0 Å². The third-order valence-corrected chi connectivity index (χ3v) is 2.89. The van der Waals surface area contributed by atoms with E-state index in [9.17, 15) is 4.39 Å². The molecule has 1 aromatic carbocycles. The van der Waals surface area contributed by atoms with Gasteiger partial charge in [-0.3, -0.25) is 0 Å². The van der Waals surface area contributed by atoms with Crippen molar-refractivity contribution in [2.24, 2.45) is 5.73 Å². The van der Waals surface area contributed by atoms with Gasteiger partial charge in [-0.1, -0.05) is 6.07 Å². The average molecular weight is 285 g/mol. The van der Waals surface area contributed by atoms with Crippen LogP contribution in [0.15, 0.2) is 36.5 Å². The van der Waals surface area contributed by atoms with Gasteiger partial charge in [0.15, 0.2) is 11.6 Å². The smallest absolute Gasteiger partial charge is 0.165 e. The summed E-state index contributed by atoms with van der Waals surface area (Å²) in [5, 5.41) is 8.77. The molecular weight excluding hydrogens is 269 g/mol. The van der Waals surface area contributed by atoms with Gasteiger partial charge in [0.2, 0.25) is 0 Å². The third kappa shape index (κ3) is 4.26. The fourth-order valence-corrected chi connectivity index (χ4v) is 1.95. The van der Waals surface area contributed by atoms with Gasteiger partial charge in [0, 0.05) is 12.2 Å². The number of nitriles is 1. The molecule has 5 heteroatoms. The van der Waals surface area contributed by atoms with Gasteiger partial charge in [-0.25, -0.2) is 9.37 Å². The Kier molecular flexibility index (Phi) is 4.85. The zero-order valence-corrected chi connectivity index (χ0v) is 11.7. The minimum Gasteiger partial charge on any atom is -0.486 e. The maximum Gasteiger partial charge on any atom is 0.165 e. The fraction of sp³-hybridized carbons (Fsp3) is 0.250.